The van der Waals surface area contributed by atoms with E-state index in [1.54, 1.807) is 31.2 Å². The van der Waals surface area contributed by atoms with Crippen LogP contribution in [0.3, 0.4) is 0 Å². The number of nitrogens with zero attached hydrogens (tertiary/aromatic N) is 6. The number of aromatic carboxylic acids is 1. The van der Waals surface area contributed by atoms with Gasteiger partial charge >= 0.3 is 5.97 Å². The third-order valence-electron chi connectivity index (χ3n) is 3.89. The molecule has 0 unspecified atom stereocenters. The van der Waals surface area contributed by atoms with Crippen molar-refractivity contribution in [2.45, 2.75) is 6.54 Å². The Morgan fingerprint density at radius 2 is 1.79 bits per heavy atom. The van der Waals surface area contributed by atoms with E-state index in [1.807, 2.05) is 0 Å². The fourth-order valence-corrected chi connectivity index (χ4v) is 2.63. The minimum atomic E-state index is -1.33. The summed E-state index contributed by atoms with van der Waals surface area (Å²) < 4.78 is 4.16. The van der Waals surface area contributed by atoms with Crippen LogP contribution in [-0.4, -0.2) is 52.2 Å². The van der Waals surface area contributed by atoms with Crippen LogP contribution in [0.2, 0.25) is 0 Å². The summed E-state index contributed by atoms with van der Waals surface area (Å²) >= 11 is 0. The molecule has 3 aromatic rings. The molecule has 0 radical (unpaired) electrons. The van der Waals surface area contributed by atoms with Gasteiger partial charge in [-0.05, 0) is 0 Å². The molecular weight excluding hydrogens is 368 g/mol. The number of carbonyl (C=O) groups is 3. The van der Waals surface area contributed by atoms with Gasteiger partial charge in [0.2, 0.25) is 0 Å². The van der Waals surface area contributed by atoms with E-state index < -0.39 is 17.8 Å². The SMILES string of the molecule is Cn1cc(CNC(=O)c2c(NC(=O)c3cn(C)nc3C(=O)O)cnn2C)cn1. The molecule has 0 spiro atoms. The Kier molecular flexibility index (Phi) is 4.94. The van der Waals surface area contributed by atoms with Crippen molar-refractivity contribution in [3.05, 3.63) is 47.3 Å². The standard InChI is InChI=1S/C16H18N8O4/c1-22-7-9(5-18-22)4-17-15(26)13-11(6-19-24(13)3)20-14(25)10-8-23(2)21-12(10)16(27)28/h5-8H,4H2,1-3H3,(H,17,26)(H,20,25)(H,27,28). The molecule has 12 nitrogen and oxygen atoms in total. The summed E-state index contributed by atoms with van der Waals surface area (Å²) in [5.41, 5.74) is 0.575. The summed E-state index contributed by atoms with van der Waals surface area (Å²) in [6.07, 6.45) is 6.00. The highest BCUT2D eigenvalue weighted by atomic mass is 16.4. The van der Waals surface area contributed by atoms with Crippen LogP contribution in [0, 0.1) is 0 Å². The summed E-state index contributed by atoms with van der Waals surface area (Å²) in [6, 6.07) is 0. The van der Waals surface area contributed by atoms with Crippen LogP contribution < -0.4 is 10.6 Å². The van der Waals surface area contributed by atoms with Crippen molar-refractivity contribution in [3.63, 3.8) is 0 Å². The maximum absolute atomic E-state index is 12.6. The molecule has 3 heterocycles. The second-order valence-electron chi connectivity index (χ2n) is 6.06. The first-order valence-electron chi connectivity index (χ1n) is 8.12. The fraction of sp³-hybridized carbons (Fsp3) is 0.250. The van der Waals surface area contributed by atoms with Crippen molar-refractivity contribution >= 4 is 23.5 Å². The Bertz CT molecular complexity index is 1060. The van der Waals surface area contributed by atoms with Crippen LogP contribution in [-0.2, 0) is 27.7 Å². The quantitative estimate of drug-likeness (QED) is 0.529. The van der Waals surface area contributed by atoms with Gasteiger partial charge < -0.3 is 15.7 Å². The van der Waals surface area contributed by atoms with E-state index in [9.17, 15) is 19.5 Å². The minimum absolute atomic E-state index is 0.123. The predicted octanol–water partition coefficient (Wildman–Crippen LogP) is -0.232. The van der Waals surface area contributed by atoms with Crippen LogP contribution in [0.5, 0.6) is 0 Å². The molecule has 0 bridgehead atoms. The van der Waals surface area contributed by atoms with Crippen molar-refractivity contribution in [2.24, 2.45) is 21.1 Å². The maximum atomic E-state index is 12.6. The molecule has 12 heteroatoms. The van der Waals surface area contributed by atoms with E-state index >= 15 is 0 Å². The van der Waals surface area contributed by atoms with Gasteiger partial charge in [0.25, 0.3) is 11.8 Å². The number of aryl methyl sites for hydroxylation is 3. The van der Waals surface area contributed by atoms with Crippen molar-refractivity contribution < 1.29 is 19.5 Å². The average molecular weight is 386 g/mol. The monoisotopic (exact) mass is 386 g/mol. The Morgan fingerprint density at radius 1 is 1.04 bits per heavy atom. The van der Waals surface area contributed by atoms with E-state index in [-0.39, 0.29) is 29.2 Å². The van der Waals surface area contributed by atoms with Gasteiger partial charge in [0.05, 0.1) is 23.6 Å². The molecular formula is C16H18N8O4. The third-order valence-corrected chi connectivity index (χ3v) is 3.89. The summed E-state index contributed by atoms with van der Waals surface area (Å²) in [5, 5.41) is 26.2. The molecule has 0 saturated heterocycles. The molecule has 0 aliphatic heterocycles. The third kappa shape index (κ3) is 3.75. The number of hydrogen-bond acceptors (Lipinski definition) is 6. The average Bonchev–Trinajstić information content (AvgIpc) is 3.32. The summed E-state index contributed by atoms with van der Waals surface area (Å²) in [7, 11) is 4.83. The number of aromatic nitrogens is 6. The molecule has 2 amide bonds. The molecule has 28 heavy (non-hydrogen) atoms. The van der Waals surface area contributed by atoms with Gasteiger partial charge in [-0.3, -0.25) is 23.6 Å². The van der Waals surface area contributed by atoms with E-state index in [4.69, 9.17) is 0 Å². The molecule has 0 fully saturated rings. The van der Waals surface area contributed by atoms with E-state index in [1.165, 1.54) is 28.8 Å². The molecule has 3 N–H and O–H groups in total. The highest BCUT2D eigenvalue weighted by molar-refractivity contribution is 6.12. The van der Waals surface area contributed by atoms with Gasteiger partial charge in [0, 0.05) is 45.6 Å². The smallest absolute Gasteiger partial charge is 0.357 e. The van der Waals surface area contributed by atoms with Crippen LogP contribution in [0.15, 0.2) is 24.8 Å². The van der Waals surface area contributed by atoms with Gasteiger partial charge in [-0.25, -0.2) is 4.79 Å². The number of amides is 2. The molecule has 3 rings (SSSR count). The second kappa shape index (κ2) is 7.34. The lowest BCUT2D eigenvalue weighted by Crippen LogP contribution is -2.27. The van der Waals surface area contributed by atoms with Gasteiger partial charge in [0.1, 0.15) is 5.69 Å². The Hall–Kier alpha value is -3.96. The Labute approximate surface area is 158 Å². The van der Waals surface area contributed by atoms with Crippen molar-refractivity contribution in [2.75, 3.05) is 5.32 Å². The normalized spacial score (nSPS) is 10.7. The largest absolute Gasteiger partial charge is 0.476 e. The number of carbonyl (C=O) groups excluding carboxylic acids is 2. The van der Waals surface area contributed by atoms with Gasteiger partial charge in [-0.2, -0.15) is 15.3 Å². The van der Waals surface area contributed by atoms with E-state index in [0.717, 1.165) is 5.56 Å². The topological polar surface area (TPSA) is 149 Å². The van der Waals surface area contributed by atoms with Gasteiger partial charge in [-0.1, -0.05) is 0 Å². The molecule has 146 valence electrons. The first kappa shape index (κ1) is 18.8. The molecule has 0 aliphatic carbocycles. The van der Waals surface area contributed by atoms with Crippen molar-refractivity contribution in [1.82, 2.24) is 34.7 Å². The van der Waals surface area contributed by atoms with Crippen LogP contribution >= 0.6 is 0 Å². The molecule has 0 aliphatic rings. The molecule has 0 aromatic carbocycles. The zero-order valence-electron chi connectivity index (χ0n) is 15.4. The first-order chi connectivity index (χ1) is 13.3. The zero-order valence-corrected chi connectivity index (χ0v) is 15.4. The summed E-state index contributed by atoms with van der Waals surface area (Å²) in [5.74, 6) is -2.49. The minimum Gasteiger partial charge on any atom is -0.476 e. The lowest BCUT2D eigenvalue weighted by Gasteiger charge is -2.08. The van der Waals surface area contributed by atoms with Crippen LogP contribution in [0.4, 0.5) is 5.69 Å². The highest BCUT2D eigenvalue weighted by Gasteiger charge is 2.24. The summed E-state index contributed by atoms with van der Waals surface area (Å²) in [4.78, 5) is 36.3. The molecule has 3 aromatic heterocycles. The van der Waals surface area contributed by atoms with Crippen molar-refractivity contribution in [1.29, 1.82) is 0 Å². The number of anilines is 1. The summed E-state index contributed by atoms with van der Waals surface area (Å²) in [6.45, 7) is 0.247. The molecule has 0 atom stereocenters. The lowest BCUT2D eigenvalue weighted by atomic mass is 10.2. The van der Waals surface area contributed by atoms with Crippen LogP contribution in [0.1, 0.15) is 36.9 Å². The lowest BCUT2D eigenvalue weighted by molar-refractivity contribution is 0.0685. The highest BCUT2D eigenvalue weighted by Crippen LogP contribution is 2.17. The first-order valence-corrected chi connectivity index (χ1v) is 8.12. The Morgan fingerprint density at radius 3 is 2.43 bits per heavy atom. The molecule has 0 saturated carbocycles. The van der Waals surface area contributed by atoms with E-state index in [0.29, 0.717) is 0 Å². The number of rotatable bonds is 6. The number of carboxylic acids is 1. The fourth-order valence-electron chi connectivity index (χ4n) is 2.63. The number of nitrogens with one attached hydrogen (secondary N) is 2. The Balaban J connectivity index is 1.78. The van der Waals surface area contributed by atoms with E-state index in [2.05, 4.69) is 25.9 Å². The van der Waals surface area contributed by atoms with Gasteiger partial charge in [-0.15, -0.1) is 0 Å². The van der Waals surface area contributed by atoms with Crippen molar-refractivity contribution in [3.8, 4) is 0 Å². The second-order valence-corrected chi connectivity index (χ2v) is 6.06. The predicted molar refractivity (Wildman–Crippen MR) is 95.7 cm³/mol. The number of hydrogen-bond donors (Lipinski definition) is 3. The van der Waals surface area contributed by atoms with Gasteiger partial charge in [0.15, 0.2) is 5.69 Å². The maximum Gasteiger partial charge on any atom is 0.357 e. The van der Waals surface area contributed by atoms with Crippen LogP contribution in [0.25, 0.3) is 0 Å². The zero-order chi connectivity index (χ0) is 20.4. The number of carboxylic acid groups (broad SMARTS) is 1.